The maximum Gasteiger partial charge on any atom is 0.231 e. The standard InChI is InChI=1S/C11H9FN6/c12-6-3-1-2-4-7(6)16-11-17-9(13)8-10(18-11)15-5-14-8/h1-5H,(H4,13,14,15,16,17,18). The van der Waals surface area contributed by atoms with Crippen molar-refractivity contribution in [3.63, 3.8) is 0 Å². The normalized spacial score (nSPS) is 10.7. The Balaban J connectivity index is 2.02. The number of H-pyrrole nitrogens is 1. The number of nitrogens with two attached hydrogens (primary N) is 1. The summed E-state index contributed by atoms with van der Waals surface area (Å²) in [5.74, 6) is 0.0790. The van der Waals surface area contributed by atoms with Crippen LogP contribution in [0.2, 0.25) is 0 Å². The van der Waals surface area contributed by atoms with Crippen molar-refractivity contribution >= 4 is 28.6 Å². The summed E-state index contributed by atoms with van der Waals surface area (Å²) < 4.78 is 13.5. The molecule has 7 heteroatoms. The van der Waals surface area contributed by atoms with Crippen molar-refractivity contribution in [1.29, 1.82) is 0 Å². The van der Waals surface area contributed by atoms with Gasteiger partial charge < -0.3 is 16.0 Å². The summed E-state index contributed by atoms with van der Waals surface area (Å²) in [5.41, 5.74) is 7.02. The van der Waals surface area contributed by atoms with Gasteiger partial charge in [0.05, 0.1) is 12.0 Å². The van der Waals surface area contributed by atoms with Crippen molar-refractivity contribution in [1.82, 2.24) is 19.9 Å². The molecule has 3 aromatic rings. The van der Waals surface area contributed by atoms with Crippen LogP contribution in [0.1, 0.15) is 0 Å². The highest BCUT2D eigenvalue weighted by Crippen LogP contribution is 2.20. The number of hydrogen-bond acceptors (Lipinski definition) is 5. The highest BCUT2D eigenvalue weighted by atomic mass is 19.1. The zero-order valence-electron chi connectivity index (χ0n) is 9.18. The average Bonchev–Trinajstić information content (AvgIpc) is 2.81. The second-order valence-corrected chi connectivity index (χ2v) is 3.64. The monoisotopic (exact) mass is 244 g/mol. The number of para-hydroxylation sites is 1. The van der Waals surface area contributed by atoms with Gasteiger partial charge in [-0.1, -0.05) is 12.1 Å². The van der Waals surface area contributed by atoms with E-state index in [1.54, 1.807) is 18.2 Å². The van der Waals surface area contributed by atoms with E-state index in [1.807, 2.05) is 0 Å². The molecule has 0 amide bonds. The third-order valence-corrected chi connectivity index (χ3v) is 2.43. The molecule has 0 radical (unpaired) electrons. The maximum atomic E-state index is 13.5. The first-order chi connectivity index (χ1) is 8.74. The fourth-order valence-corrected chi connectivity index (χ4v) is 1.59. The van der Waals surface area contributed by atoms with Gasteiger partial charge in [-0.2, -0.15) is 9.97 Å². The Morgan fingerprint density at radius 2 is 2.06 bits per heavy atom. The third kappa shape index (κ3) is 1.71. The molecule has 0 saturated heterocycles. The molecule has 0 fully saturated rings. The minimum Gasteiger partial charge on any atom is -0.382 e. The molecular formula is C11H9FN6. The first-order valence-electron chi connectivity index (χ1n) is 5.22. The zero-order chi connectivity index (χ0) is 12.5. The van der Waals surface area contributed by atoms with Crippen LogP contribution in [0, 0.1) is 5.82 Å². The maximum absolute atomic E-state index is 13.5. The molecule has 0 aliphatic heterocycles. The van der Waals surface area contributed by atoms with Crippen molar-refractivity contribution in [3.8, 4) is 0 Å². The number of nitrogens with one attached hydrogen (secondary N) is 2. The van der Waals surface area contributed by atoms with Crippen molar-refractivity contribution in [2.75, 3.05) is 11.1 Å². The Bertz CT molecular complexity index is 708. The largest absolute Gasteiger partial charge is 0.382 e. The molecule has 0 aliphatic rings. The number of aromatic amines is 1. The number of aromatic nitrogens is 4. The first kappa shape index (κ1) is 10.5. The van der Waals surface area contributed by atoms with E-state index >= 15 is 0 Å². The number of halogens is 1. The van der Waals surface area contributed by atoms with Crippen LogP contribution in [0.25, 0.3) is 11.2 Å². The lowest BCUT2D eigenvalue weighted by Gasteiger charge is -2.06. The molecule has 0 aliphatic carbocycles. The van der Waals surface area contributed by atoms with Gasteiger partial charge in [0.1, 0.15) is 11.3 Å². The summed E-state index contributed by atoms with van der Waals surface area (Å²) in [4.78, 5) is 15.0. The van der Waals surface area contributed by atoms with Crippen LogP contribution in [0.15, 0.2) is 30.6 Å². The number of nitrogen functional groups attached to an aromatic ring is 1. The van der Waals surface area contributed by atoms with Crippen LogP contribution in [-0.4, -0.2) is 19.9 Å². The number of imidazole rings is 1. The highest BCUT2D eigenvalue weighted by molar-refractivity contribution is 5.82. The Morgan fingerprint density at radius 3 is 2.89 bits per heavy atom. The van der Waals surface area contributed by atoms with E-state index < -0.39 is 0 Å². The van der Waals surface area contributed by atoms with Crippen LogP contribution in [0.5, 0.6) is 0 Å². The van der Waals surface area contributed by atoms with Crippen molar-refractivity contribution in [2.24, 2.45) is 0 Å². The lowest BCUT2D eigenvalue weighted by atomic mass is 10.3. The minimum atomic E-state index is -0.387. The lowest BCUT2D eigenvalue weighted by molar-refractivity contribution is 0.631. The van der Waals surface area contributed by atoms with E-state index in [9.17, 15) is 4.39 Å². The van der Waals surface area contributed by atoms with E-state index in [0.717, 1.165) is 0 Å². The highest BCUT2D eigenvalue weighted by Gasteiger charge is 2.08. The van der Waals surface area contributed by atoms with Gasteiger partial charge in [0.15, 0.2) is 11.5 Å². The number of fused-ring (bicyclic) bond motifs is 1. The summed E-state index contributed by atoms with van der Waals surface area (Å²) >= 11 is 0. The van der Waals surface area contributed by atoms with Crippen molar-refractivity contribution in [3.05, 3.63) is 36.4 Å². The predicted octanol–water partition coefficient (Wildman–Crippen LogP) is 1.82. The second kappa shape index (κ2) is 3.95. The lowest BCUT2D eigenvalue weighted by Crippen LogP contribution is -2.02. The predicted molar refractivity (Wildman–Crippen MR) is 65.8 cm³/mol. The first-order valence-corrected chi connectivity index (χ1v) is 5.22. The van der Waals surface area contributed by atoms with Crippen LogP contribution in [0.4, 0.5) is 21.8 Å². The van der Waals surface area contributed by atoms with E-state index in [4.69, 9.17) is 5.73 Å². The second-order valence-electron chi connectivity index (χ2n) is 3.64. The van der Waals surface area contributed by atoms with Gasteiger partial charge >= 0.3 is 0 Å². The van der Waals surface area contributed by atoms with E-state index in [2.05, 4.69) is 25.3 Å². The molecule has 18 heavy (non-hydrogen) atoms. The summed E-state index contributed by atoms with van der Waals surface area (Å²) in [7, 11) is 0. The van der Waals surface area contributed by atoms with Crippen molar-refractivity contribution in [2.45, 2.75) is 0 Å². The van der Waals surface area contributed by atoms with Crippen LogP contribution < -0.4 is 11.1 Å². The Kier molecular flexibility index (Phi) is 2.30. The summed E-state index contributed by atoms with van der Waals surface area (Å²) in [6.07, 6.45) is 1.47. The number of hydrogen-bond donors (Lipinski definition) is 3. The number of rotatable bonds is 2. The molecule has 3 rings (SSSR count). The topological polar surface area (TPSA) is 92.5 Å². The molecule has 0 atom stereocenters. The number of nitrogens with zero attached hydrogens (tertiary/aromatic N) is 3. The fourth-order valence-electron chi connectivity index (χ4n) is 1.59. The Hall–Kier alpha value is -2.70. The van der Waals surface area contributed by atoms with Gasteiger partial charge in [0.2, 0.25) is 5.95 Å². The SMILES string of the molecule is Nc1nc(Nc2ccccc2F)nc2nc[nH]c12. The minimum absolute atomic E-state index is 0.206. The molecule has 2 aromatic heterocycles. The summed E-state index contributed by atoms with van der Waals surface area (Å²) in [6, 6.07) is 6.25. The average molecular weight is 244 g/mol. The molecule has 90 valence electrons. The quantitative estimate of drug-likeness (QED) is 0.639. The van der Waals surface area contributed by atoms with E-state index in [-0.39, 0.29) is 23.3 Å². The van der Waals surface area contributed by atoms with Gasteiger partial charge in [-0.15, -0.1) is 0 Å². The van der Waals surface area contributed by atoms with E-state index in [0.29, 0.717) is 11.2 Å². The molecular weight excluding hydrogens is 235 g/mol. The summed E-state index contributed by atoms with van der Waals surface area (Å²) in [5, 5.41) is 2.76. The Morgan fingerprint density at radius 1 is 1.22 bits per heavy atom. The molecule has 0 spiro atoms. The van der Waals surface area contributed by atoms with Gasteiger partial charge in [-0.3, -0.25) is 0 Å². The van der Waals surface area contributed by atoms with Crippen LogP contribution in [0.3, 0.4) is 0 Å². The van der Waals surface area contributed by atoms with Gasteiger partial charge in [-0.25, -0.2) is 9.37 Å². The molecule has 1 aromatic carbocycles. The van der Waals surface area contributed by atoms with E-state index in [1.165, 1.54) is 12.4 Å². The zero-order valence-corrected chi connectivity index (χ0v) is 9.18. The molecule has 6 nitrogen and oxygen atoms in total. The van der Waals surface area contributed by atoms with Gasteiger partial charge in [0.25, 0.3) is 0 Å². The third-order valence-electron chi connectivity index (χ3n) is 2.43. The fraction of sp³-hybridized carbons (Fsp3) is 0. The summed E-state index contributed by atoms with van der Waals surface area (Å²) in [6.45, 7) is 0. The van der Waals surface area contributed by atoms with Crippen LogP contribution >= 0.6 is 0 Å². The number of benzene rings is 1. The molecule has 0 unspecified atom stereocenters. The number of anilines is 3. The van der Waals surface area contributed by atoms with Gasteiger partial charge in [0, 0.05) is 0 Å². The molecule has 4 N–H and O–H groups in total. The van der Waals surface area contributed by atoms with Crippen LogP contribution in [-0.2, 0) is 0 Å². The molecule has 0 bridgehead atoms. The Labute approximate surface area is 101 Å². The molecule has 2 heterocycles. The smallest absolute Gasteiger partial charge is 0.231 e. The van der Waals surface area contributed by atoms with Gasteiger partial charge in [-0.05, 0) is 12.1 Å². The molecule has 0 saturated carbocycles. The van der Waals surface area contributed by atoms with Crippen molar-refractivity contribution < 1.29 is 4.39 Å².